The van der Waals surface area contributed by atoms with Gasteiger partial charge in [-0.15, -0.1) is 0 Å². The average molecular weight is 242 g/mol. The van der Waals surface area contributed by atoms with Crippen molar-refractivity contribution in [1.29, 1.82) is 0 Å². The van der Waals surface area contributed by atoms with Gasteiger partial charge in [0.25, 0.3) is 0 Å². The van der Waals surface area contributed by atoms with Gasteiger partial charge < -0.3 is 10.6 Å². The van der Waals surface area contributed by atoms with E-state index in [0.717, 1.165) is 19.4 Å². The zero-order valence-corrected chi connectivity index (χ0v) is 11.4. The van der Waals surface area contributed by atoms with Crippen molar-refractivity contribution in [2.45, 2.75) is 46.6 Å². The minimum atomic E-state index is -0.715. The third kappa shape index (κ3) is 2.37. The minimum absolute atomic E-state index is 0.0798. The molecule has 0 radical (unpaired) electrons. The first-order valence-electron chi connectivity index (χ1n) is 5.89. The molecular weight excluding hydrogens is 220 g/mol. The van der Waals surface area contributed by atoms with E-state index < -0.39 is 5.41 Å². The fourth-order valence-corrected chi connectivity index (χ4v) is 2.29. The Labute approximate surface area is 103 Å². The van der Waals surface area contributed by atoms with E-state index in [1.54, 1.807) is 0 Å². The van der Waals surface area contributed by atoms with Crippen molar-refractivity contribution in [2.75, 3.05) is 6.54 Å². The molecule has 16 heavy (non-hydrogen) atoms. The maximum atomic E-state index is 12.4. The van der Waals surface area contributed by atoms with Crippen molar-refractivity contribution in [1.82, 2.24) is 4.90 Å². The third-order valence-electron chi connectivity index (χ3n) is 3.48. The summed E-state index contributed by atoms with van der Waals surface area (Å²) in [6.07, 6.45) is 2.18. The molecule has 0 aliphatic carbocycles. The van der Waals surface area contributed by atoms with Gasteiger partial charge in [0.1, 0.15) is 0 Å². The highest BCUT2D eigenvalue weighted by Crippen LogP contribution is 2.29. The Hall–Kier alpha value is -0.640. The van der Waals surface area contributed by atoms with E-state index in [0.29, 0.717) is 12.0 Å². The summed E-state index contributed by atoms with van der Waals surface area (Å²) in [6, 6.07) is 0.348. The average Bonchev–Trinajstić information content (AvgIpc) is 2.64. The van der Waals surface area contributed by atoms with Crippen LogP contribution in [0.4, 0.5) is 0 Å². The van der Waals surface area contributed by atoms with Crippen molar-refractivity contribution in [3.05, 3.63) is 0 Å². The first kappa shape index (κ1) is 13.4. The lowest BCUT2D eigenvalue weighted by atomic mass is 9.90. The molecular formula is C12H22N2OS. The molecule has 0 bridgehead atoms. The highest BCUT2D eigenvalue weighted by Gasteiger charge is 2.40. The summed E-state index contributed by atoms with van der Waals surface area (Å²) < 4.78 is 0. The summed E-state index contributed by atoms with van der Waals surface area (Å²) in [4.78, 5) is 14.6. The monoisotopic (exact) mass is 242 g/mol. The molecule has 1 unspecified atom stereocenters. The predicted molar refractivity (Wildman–Crippen MR) is 70.1 cm³/mol. The van der Waals surface area contributed by atoms with Crippen molar-refractivity contribution in [3.8, 4) is 0 Å². The predicted octanol–water partition coefficient (Wildman–Crippen LogP) is 1.95. The topological polar surface area (TPSA) is 46.3 Å². The van der Waals surface area contributed by atoms with Crippen LogP contribution in [0.15, 0.2) is 0 Å². The van der Waals surface area contributed by atoms with Crippen molar-refractivity contribution in [3.63, 3.8) is 0 Å². The number of amides is 1. The van der Waals surface area contributed by atoms with Crippen LogP contribution in [0.3, 0.4) is 0 Å². The molecule has 1 atom stereocenters. The highest BCUT2D eigenvalue weighted by atomic mass is 32.1. The lowest BCUT2D eigenvalue weighted by molar-refractivity contribution is -0.138. The Bertz CT molecular complexity index is 299. The van der Waals surface area contributed by atoms with Crippen LogP contribution in [0.2, 0.25) is 0 Å². The number of carbonyl (C=O) groups is 1. The van der Waals surface area contributed by atoms with E-state index in [4.69, 9.17) is 18.0 Å². The fraction of sp³-hybridized carbons (Fsp3) is 0.833. The Morgan fingerprint density at radius 1 is 1.50 bits per heavy atom. The molecule has 1 saturated heterocycles. The Kier molecular flexibility index (Phi) is 3.94. The van der Waals surface area contributed by atoms with Gasteiger partial charge in [0.15, 0.2) is 0 Å². The van der Waals surface area contributed by atoms with Gasteiger partial charge in [-0.1, -0.05) is 26.1 Å². The zero-order valence-electron chi connectivity index (χ0n) is 10.6. The molecule has 1 amide bonds. The summed E-state index contributed by atoms with van der Waals surface area (Å²) >= 11 is 4.98. The van der Waals surface area contributed by atoms with Gasteiger partial charge in [-0.2, -0.15) is 0 Å². The van der Waals surface area contributed by atoms with Gasteiger partial charge >= 0.3 is 0 Å². The molecule has 1 aliphatic rings. The summed E-state index contributed by atoms with van der Waals surface area (Å²) in [5, 5.41) is 0. The first-order chi connectivity index (χ1) is 7.28. The normalized spacial score (nSPS) is 21.6. The van der Waals surface area contributed by atoms with Gasteiger partial charge in [0.05, 0.1) is 10.4 Å². The molecule has 0 spiro atoms. The lowest BCUT2D eigenvalue weighted by Crippen LogP contribution is -2.50. The third-order valence-corrected chi connectivity index (χ3v) is 3.99. The van der Waals surface area contributed by atoms with E-state index in [9.17, 15) is 4.79 Å². The number of thiocarbonyl (C=S) groups is 1. The van der Waals surface area contributed by atoms with Crippen LogP contribution in [-0.2, 0) is 4.79 Å². The molecule has 0 aromatic rings. The summed E-state index contributed by atoms with van der Waals surface area (Å²) in [5.41, 5.74) is 4.93. The Balaban J connectivity index is 2.85. The largest absolute Gasteiger partial charge is 0.392 e. The number of nitrogens with zero attached hydrogens (tertiary/aromatic N) is 1. The molecule has 4 heteroatoms. The molecule has 1 fully saturated rings. The van der Waals surface area contributed by atoms with Crippen LogP contribution in [0.5, 0.6) is 0 Å². The first-order valence-corrected chi connectivity index (χ1v) is 6.30. The molecule has 0 aromatic heterocycles. The van der Waals surface area contributed by atoms with E-state index >= 15 is 0 Å². The number of likely N-dealkylation sites (tertiary alicyclic amines) is 1. The molecule has 3 nitrogen and oxygen atoms in total. The number of rotatable bonds is 3. The van der Waals surface area contributed by atoms with Crippen molar-refractivity contribution >= 4 is 23.1 Å². The van der Waals surface area contributed by atoms with Gasteiger partial charge in [-0.25, -0.2) is 0 Å². The van der Waals surface area contributed by atoms with Crippen LogP contribution in [0.1, 0.15) is 40.5 Å². The van der Waals surface area contributed by atoms with E-state index in [1.165, 1.54) is 0 Å². The van der Waals surface area contributed by atoms with E-state index in [2.05, 4.69) is 13.8 Å². The Morgan fingerprint density at radius 3 is 2.50 bits per heavy atom. The standard InChI is InChI=1S/C12H22N2OS/c1-8(2)9-6-5-7-14(9)11(15)12(3,4)10(13)16/h8-9H,5-7H2,1-4H3,(H2,13,16). The highest BCUT2D eigenvalue weighted by molar-refractivity contribution is 7.80. The SMILES string of the molecule is CC(C)C1CCCN1C(=O)C(C)(C)C(N)=S. The quantitative estimate of drug-likeness (QED) is 0.769. The van der Waals surface area contributed by atoms with Crippen LogP contribution >= 0.6 is 12.2 Å². The maximum Gasteiger partial charge on any atom is 0.235 e. The number of hydrogen-bond donors (Lipinski definition) is 1. The summed E-state index contributed by atoms with van der Waals surface area (Å²) in [7, 11) is 0. The van der Waals surface area contributed by atoms with Gasteiger partial charge in [0, 0.05) is 12.6 Å². The summed E-state index contributed by atoms with van der Waals surface area (Å²) in [6.45, 7) is 8.78. The van der Waals surface area contributed by atoms with E-state index in [1.807, 2.05) is 18.7 Å². The van der Waals surface area contributed by atoms with Gasteiger partial charge in [-0.05, 0) is 32.6 Å². The lowest BCUT2D eigenvalue weighted by Gasteiger charge is -2.34. The molecule has 1 aliphatic heterocycles. The molecule has 0 aromatic carbocycles. The smallest absolute Gasteiger partial charge is 0.235 e. The molecule has 0 saturated carbocycles. The van der Waals surface area contributed by atoms with Crippen LogP contribution in [-0.4, -0.2) is 28.4 Å². The number of carbonyl (C=O) groups excluding carboxylic acids is 1. The Morgan fingerprint density at radius 2 is 2.06 bits per heavy atom. The van der Waals surface area contributed by atoms with Gasteiger partial charge in [0.2, 0.25) is 5.91 Å². The minimum Gasteiger partial charge on any atom is -0.392 e. The van der Waals surface area contributed by atoms with Crippen molar-refractivity contribution < 1.29 is 4.79 Å². The van der Waals surface area contributed by atoms with Gasteiger partial charge in [-0.3, -0.25) is 4.79 Å². The second-order valence-electron chi connectivity index (χ2n) is 5.44. The van der Waals surface area contributed by atoms with Crippen LogP contribution in [0, 0.1) is 11.3 Å². The second-order valence-corrected chi connectivity index (χ2v) is 5.88. The second kappa shape index (κ2) is 4.70. The number of hydrogen-bond acceptors (Lipinski definition) is 2. The molecule has 2 N–H and O–H groups in total. The van der Waals surface area contributed by atoms with E-state index in [-0.39, 0.29) is 10.9 Å². The number of nitrogens with two attached hydrogens (primary N) is 1. The maximum absolute atomic E-state index is 12.4. The zero-order chi connectivity index (χ0) is 12.5. The van der Waals surface area contributed by atoms with Crippen molar-refractivity contribution in [2.24, 2.45) is 17.1 Å². The van der Waals surface area contributed by atoms with Crippen LogP contribution in [0.25, 0.3) is 0 Å². The molecule has 1 rings (SSSR count). The fourth-order valence-electron chi connectivity index (χ4n) is 2.20. The molecule has 1 heterocycles. The van der Waals surface area contributed by atoms with Crippen LogP contribution < -0.4 is 5.73 Å². The summed E-state index contributed by atoms with van der Waals surface area (Å²) in [5.74, 6) is 0.574. The molecule has 92 valence electrons.